The summed E-state index contributed by atoms with van der Waals surface area (Å²) in [6.45, 7) is 9.20. The van der Waals surface area contributed by atoms with Gasteiger partial charge in [0.15, 0.2) is 0 Å². The van der Waals surface area contributed by atoms with E-state index in [1.807, 2.05) is 6.92 Å². The summed E-state index contributed by atoms with van der Waals surface area (Å²) >= 11 is 0. The highest BCUT2D eigenvalue weighted by Crippen LogP contribution is 2.68. The summed E-state index contributed by atoms with van der Waals surface area (Å²) in [5, 5.41) is 45.1. The van der Waals surface area contributed by atoms with Crippen LogP contribution in [0.2, 0.25) is 0 Å². The summed E-state index contributed by atoms with van der Waals surface area (Å²) in [4.78, 5) is 12.9. The summed E-state index contributed by atoms with van der Waals surface area (Å²) in [7, 11) is 0. The number of aliphatic hydroxyl groups excluding tert-OH is 3. The highest BCUT2D eigenvalue weighted by atomic mass is 16.6. The molecule has 180 valence electrons. The minimum Gasteiger partial charge on any atom is -0.456 e. The Morgan fingerprint density at radius 1 is 1.25 bits per heavy atom. The second kappa shape index (κ2) is 7.93. The van der Waals surface area contributed by atoms with E-state index in [1.54, 1.807) is 26.8 Å². The van der Waals surface area contributed by atoms with Gasteiger partial charge in [-0.15, -0.1) is 0 Å². The van der Waals surface area contributed by atoms with Gasteiger partial charge in [-0.1, -0.05) is 31.6 Å². The Morgan fingerprint density at radius 3 is 2.56 bits per heavy atom. The molecule has 0 aromatic rings. The molecule has 6 nitrogen and oxygen atoms in total. The number of ether oxygens (including phenoxy) is 1. The summed E-state index contributed by atoms with van der Waals surface area (Å²) in [5.74, 6) is -1.28. The Kier molecular flexibility index (Phi) is 5.93. The SMILES string of the molecule is CC=C(C)C(=O)OC1C(O)C2C(CC=C3CC(O)CCC32C)C2(O)CCC(C(C)O)C12C. The van der Waals surface area contributed by atoms with E-state index >= 15 is 0 Å². The normalized spacial score (nSPS) is 49.4. The number of rotatable bonds is 3. The van der Waals surface area contributed by atoms with Crippen LogP contribution in [0.1, 0.15) is 73.1 Å². The first-order valence-corrected chi connectivity index (χ1v) is 12.2. The van der Waals surface area contributed by atoms with Gasteiger partial charge < -0.3 is 25.2 Å². The largest absolute Gasteiger partial charge is 0.456 e. The molecule has 3 fully saturated rings. The molecule has 4 N–H and O–H groups in total. The van der Waals surface area contributed by atoms with Crippen molar-refractivity contribution in [1.82, 2.24) is 0 Å². The van der Waals surface area contributed by atoms with Crippen molar-refractivity contribution in [1.29, 1.82) is 0 Å². The second-order valence-corrected chi connectivity index (χ2v) is 11.3. The first-order valence-electron chi connectivity index (χ1n) is 12.2. The molecule has 0 aliphatic heterocycles. The van der Waals surface area contributed by atoms with Gasteiger partial charge in [0.25, 0.3) is 0 Å². The number of hydrogen-bond donors (Lipinski definition) is 4. The molecular weight excluding hydrogens is 408 g/mol. The lowest BCUT2D eigenvalue weighted by atomic mass is 9.44. The maximum atomic E-state index is 12.9. The van der Waals surface area contributed by atoms with Crippen molar-refractivity contribution in [3.8, 4) is 0 Å². The van der Waals surface area contributed by atoms with Gasteiger partial charge in [0.05, 0.1) is 23.9 Å². The standard InChI is InChI=1S/C26H40O6/c1-6-14(2)23(30)32-22-21(29)20-19(8-7-16-13-17(28)9-11-24(16,20)4)26(31)12-10-18(15(3)27)25(22,26)5/h6-7,15,17-22,27-29,31H,8-13H2,1-5H3. The highest BCUT2D eigenvalue weighted by molar-refractivity contribution is 5.87. The fraction of sp³-hybridized carbons (Fsp3) is 0.808. The maximum absolute atomic E-state index is 12.9. The molecule has 0 saturated heterocycles. The highest BCUT2D eigenvalue weighted by Gasteiger charge is 2.74. The van der Waals surface area contributed by atoms with Gasteiger partial charge >= 0.3 is 5.97 Å². The van der Waals surface area contributed by atoms with Crippen LogP contribution in [0.5, 0.6) is 0 Å². The van der Waals surface area contributed by atoms with Crippen molar-refractivity contribution in [3.63, 3.8) is 0 Å². The number of aliphatic hydroxyl groups is 4. The van der Waals surface area contributed by atoms with Crippen molar-refractivity contribution >= 4 is 5.97 Å². The Labute approximate surface area is 191 Å². The van der Waals surface area contributed by atoms with Gasteiger partial charge in [0.2, 0.25) is 0 Å². The van der Waals surface area contributed by atoms with Crippen LogP contribution in [0.4, 0.5) is 0 Å². The van der Waals surface area contributed by atoms with Crippen molar-refractivity contribution in [2.45, 2.75) is 103 Å². The van der Waals surface area contributed by atoms with Gasteiger partial charge in [-0.25, -0.2) is 4.79 Å². The summed E-state index contributed by atoms with van der Waals surface area (Å²) in [6, 6.07) is 0. The summed E-state index contributed by atoms with van der Waals surface area (Å²) in [5.41, 5.74) is -0.921. The van der Waals surface area contributed by atoms with E-state index in [-0.39, 0.29) is 29.3 Å². The fourth-order valence-electron chi connectivity index (χ4n) is 7.99. The molecule has 0 bridgehead atoms. The van der Waals surface area contributed by atoms with E-state index in [9.17, 15) is 25.2 Å². The first-order chi connectivity index (χ1) is 14.9. The molecule has 0 heterocycles. The molecule has 0 aromatic carbocycles. The average molecular weight is 449 g/mol. The minimum absolute atomic E-state index is 0.201. The van der Waals surface area contributed by atoms with Crippen molar-refractivity contribution < 1.29 is 30.0 Å². The number of allylic oxidation sites excluding steroid dienone is 2. The minimum atomic E-state index is -1.17. The van der Waals surface area contributed by atoms with E-state index in [0.29, 0.717) is 37.7 Å². The van der Waals surface area contributed by atoms with Gasteiger partial charge in [-0.05, 0) is 76.5 Å². The van der Waals surface area contributed by atoms with Crippen LogP contribution in [-0.4, -0.2) is 56.4 Å². The van der Waals surface area contributed by atoms with Gasteiger partial charge in [0, 0.05) is 16.9 Å². The predicted octanol–water partition coefficient (Wildman–Crippen LogP) is 2.88. The second-order valence-electron chi connectivity index (χ2n) is 11.3. The number of esters is 1. The average Bonchev–Trinajstić information content (AvgIpc) is 3.02. The van der Waals surface area contributed by atoms with Crippen LogP contribution in [-0.2, 0) is 9.53 Å². The van der Waals surface area contributed by atoms with Gasteiger partial charge in [-0.3, -0.25) is 0 Å². The Hall–Kier alpha value is -1.21. The van der Waals surface area contributed by atoms with E-state index in [2.05, 4.69) is 13.0 Å². The smallest absolute Gasteiger partial charge is 0.333 e. The molecule has 0 amide bonds. The quantitative estimate of drug-likeness (QED) is 0.300. The lowest BCUT2D eigenvalue weighted by molar-refractivity contribution is -0.275. The van der Waals surface area contributed by atoms with Crippen LogP contribution in [0.3, 0.4) is 0 Å². The van der Waals surface area contributed by atoms with Crippen LogP contribution < -0.4 is 0 Å². The number of carbonyl (C=O) groups excluding carboxylic acids is 1. The maximum Gasteiger partial charge on any atom is 0.333 e. The number of fused-ring (bicyclic) bond motifs is 5. The molecule has 0 aromatic heterocycles. The molecule has 3 saturated carbocycles. The lowest BCUT2D eigenvalue weighted by Crippen LogP contribution is -2.72. The van der Waals surface area contributed by atoms with Crippen LogP contribution in [0, 0.1) is 28.6 Å². The monoisotopic (exact) mass is 448 g/mol. The molecule has 32 heavy (non-hydrogen) atoms. The van der Waals surface area contributed by atoms with Crippen LogP contribution in [0.25, 0.3) is 0 Å². The topological polar surface area (TPSA) is 107 Å². The molecule has 0 radical (unpaired) electrons. The fourth-order valence-corrected chi connectivity index (χ4v) is 7.99. The zero-order valence-electron chi connectivity index (χ0n) is 20.0. The van der Waals surface area contributed by atoms with Crippen LogP contribution >= 0.6 is 0 Å². The summed E-state index contributed by atoms with van der Waals surface area (Å²) in [6.07, 6.45) is 4.57. The number of carbonyl (C=O) groups is 1. The molecule has 10 atom stereocenters. The molecule has 4 aliphatic rings. The zero-order valence-corrected chi connectivity index (χ0v) is 20.0. The third kappa shape index (κ3) is 3.09. The Bertz CT molecular complexity index is 832. The van der Waals surface area contributed by atoms with Gasteiger partial charge in [0.1, 0.15) is 6.10 Å². The lowest BCUT2D eigenvalue weighted by Gasteiger charge is -2.64. The van der Waals surface area contributed by atoms with Gasteiger partial charge in [-0.2, -0.15) is 0 Å². The molecule has 10 unspecified atom stereocenters. The van der Waals surface area contributed by atoms with Crippen LogP contribution in [0.15, 0.2) is 23.3 Å². The molecule has 4 aliphatic carbocycles. The first kappa shape index (κ1) is 23.9. The zero-order chi connectivity index (χ0) is 23.6. The predicted molar refractivity (Wildman–Crippen MR) is 120 cm³/mol. The molecule has 4 rings (SSSR count). The van der Waals surface area contributed by atoms with E-state index in [4.69, 9.17) is 4.74 Å². The number of hydrogen-bond acceptors (Lipinski definition) is 6. The molecule has 6 heteroatoms. The Morgan fingerprint density at radius 2 is 1.94 bits per heavy atom. The van der Waals surface area contributed by atoms with Crippen molar-refractivity contribution in [2.75, 3.05) is 0 Å². The van der Waals surface area contributed by atoms with Crippen molar-refractivity contribution in [2.24, 2.45) is 28.6 Å². The van der Waals surface area contributed by atoms with Crippen molar-refractivity contribution in [3.05, 3.63) is 23.3 Å². The summed E-state index contributed by atoms with van der Waals surface area (Å²) < 4.78 is 6.02. The van der Waals surface area contributed by atoms with E-state index in [0.717, 1.165) is 12.0 Å². The molecule has 0 spiro atoms. The third-order valence-electron chi connectivity index (χ3n) is 9.97. The van der Waals surface area contributed by atoms with E-state index < -0.39 is 35.3 Å². The Balaban J connectivity index is 1.84. The third-order valence-corrected chi connectivity index (χ3v) is 9.97. The van der Waals surface area contributed by atoms with E-state index in [1.165, 1.54) is 0 Å². The molecular formula is C26H40O6.